The smallest absolute Gasteiger partial charge is 0.150 e. The highest BCUT2D eigenvalue weighted by atomic mass is 16.6. The zero-order chi connectivity index (χ0) is 22.0. The summed E-state index contributed by atoms with van der Waals surface area (Å²) in [5.41, 5.74) is 3.20. The molecule has 0 saturated carbocycles. The molecule has 3 atom stereocenters. The first-order chi connectivity index (χ1) is 15.8. The van der Waals surface area contributed by atoms with Crippen LogP contribution >= 0.6 is 0 Å². The molecule has 31 heavy (non-hydrogen) atoms. The minimum atomic E-state index is -0.544. The third-order valence-corrected chi connectivity index (χ3v) is 5.09. The lowest BCUT2D eigenvalue weighted by atomic mass is 10.1. The van der Waals surface area contributed by atoms with Crippen molar-refractivity contribution in [2.75, 3.05) is 6.61 Å². The van der Waals surface area contributed by atoms with Crippen LogP contribution in [0.1, 0.15) is 18.1 Å². The Morgan fingerprint density at radius 1 is 0.677 bits per heavy atom. The van der Waals surface area contributed by atoms with Crippen LogP contribution < -0.4 is 0 Å². The fourth-order valence-electron chi connectivity index (χ4n) is 3.43. The zero-order valence-electron chi connectivity index (χ0n) is 18.4. The van der Waals surface area contributed by atoms with Crippen molar-refractivity contribution in [3.8, 4) is 0 Å². The van der Waals surface area contributed by atoms with E-state index in [1.165, 1.54) is 6.26 Å². The second-order valence-electron chi connectivity index (χ2n) is 7.44. The first-order valence-corrected chi connectivity index (χ1v) is 10.5. The molecule has 4 rings (SSSR count). The summed E-state index contributed by atoms with van der Waals surface area (Å²) in [5, 5.41) is 0. The predicted molar refractivity (Wildman–Crippen MR) is 120 cm³/mol. The molecule has 4 heteroatoms. The van der Waals surface area contributed by atoms with Gasteiger partial charge < -0.3 is 18.9 Å². The highest BCUT2D eigenvalue weighted by Crippen LogP contribution is 2.22. The molecule has 0 saturated heterocycles. The summed E-state index contributed by atoms with van der Waals surface area (Å²) in [5.74, 6) is 0. The van der Waals surface area contributed by atoms with Gasteiger partial charge in [0.15, 0.2) is 0 Å². The molecule has 0 aromatic heterocycles. The Labute approximate surface area is 185 Å². The van der Waals surface area contributed by atoms with Crippen LogP contribution in [0.4, 0.5) is 0 Å². The molecule has 3 aromatic carbocycles. The molecule has 3 aromatic rings. The van der Waals surface area contributed by atoms with Crippen LogP contribution in [0.2, 0.25) is 0 Å². The third kappa shape index (κ3) is 6.53. The van der Waals surface area contributed by atoms with E-state index in [4.69, 9.17) is 20.3 Å². The lowest BCUT2D eigenvalue weighted by molar-refractivity contribution is -0.147. The Bertz CT molecular complexity index is 963. The predicted octanol–water partition coefficient (Wildman–Crippen LogP) is 5.29. The van der Waals surface area contributed by atoms with E-state index >= 15 is 0 Å². The summed E-state index contributed by atoms with van der Waals surface area (Å²) >= 11 is 0. The number of rotatable bonds is 10. The van der Waals surface area contributed by atoms with E-state index in [2.05, 4.69) is 0 Å². The van der Waals surface area contributed by atoms with Crippen LogP contribution in [0.3, 0.4) is 0 Å². The number of ether oxygens (including phenoxy) is 4. The Kier molecular flexibility index (Phi) is 7.40. The van der Waals surface area contributed by atoms with Gasteiger partial charge in [-0.1, -0.05) is 91.0 Å². The maximum atomic E-state index is 8.40. The van der Waals surface area contributed by atoms with E-state index in [0.717, 1.165) is 16.7 Å². The van der Waals surface area contributed by atoms with Crippen molar-refractivity contribution in [1.29, 1.82) is 0 Å². The van der Waals surface area contributed by atoms with Crippen molar-refractivity contribution < 1.29 is 20.3 Å². The average molecular weight is 418 g/mol. The molecule has 160 valence electrons. The number of benzene rings is 3. The molecule has 0 amide bonds. The maximum absolute atomic E-state index is 8.40. The molecular weight excluding hydrogens is 388 g/mol. The molecule has 0 fully saturated rings. The van der Waals surface area contributed by atoms with Gasteiger partial charge in [-0.3, -0.25) is 0 Å². The summed E-state index contributed by atoms with van der Waals surface area (Å²) in [6.07, 6.45) is 0.0664. The molecule has 4 nitrogen and oxygen atoms in total. The quantitative estimate of drug-likeness (QED) is 0.449. The standard InChI is InChI=1S/C27H28O4/c1-4-10-22(11-5-1)18-28-21-26-27(31-20-24-14-8-3-9-15-24)25(16-17-29-26)30-19-23-12-6-2-7-13-23/h1-17,25-27H,18-21H2/t25-,26-,27-/m1/s1/i16D. The van der Waals surface area contributed by atoms with Crippen LogP contribution in [-0.4, -0.2) is 24.9 Å². The normalized spacial score (nSPS) is 21.1. The van der Waals surface area contributed by atoms with Crippen molar-refractivity contribution >= 4 is 0 Å². The van der Waals surface area contributed by atoms with Crippen LogP contribution in [0.5, 0.6) is 0 Å². The summed E-state index contributed by atoms with van der Waals surface area (Å²) < 4.78 is 32.6. The van der Waals surface area contributed by atoms with Crippen molar-refractivity contribution in [3.05, 3.63) is 120 Å². The molecule has 1 aliphatic heterocycles. The van der Waals surface area contributed by atoms with Gasteiger partial charge in [-0.05, 0) is 22.7 Å². The van der Waals surface area contributed by atoms with E-state index in [9.17, 15) is 0 Å². The SMILES string of the molecule is [2H]C1=CO[C@H](COCc2ccccc2)[C@H](OCc2ccccc2)[C@@H]1OCc1ccccc1. The maximum Gasteiger partial charge on any atom is 0.150 e. The first kappa shape index (κ1) is 20.0. The lowest BCUT2D eigenvalue weighted by Crippen LogP contribution is -2.45. The van der Waals surface area contributed by atoms with Gasteiger partial charge in [-0.25, -0.2) is 0 Å². The van der Waals surface area contributed by atoms with Gasteiger partial charge >= 0.3 is 0 Å². The largest absolute Gasteiger partial charge is 0.493 e. The van der Waals surface area contributed by atoms with Crippen molar-refractivity contribution in [1.82, 2.24) is 0 Å². The molecule has 0 N–H and O–H groups in total. The first-order valence-electron chi connectivity index (χ1n) is 11.0. The Morgan fingerprint density at radius 2 is 1.19 bits per heavy atom. The van der Waals surface area contributed by atoms with Gasteiger partial charge in [0, 0.05) is 0 Å². The Hall–Kier alpha value is -2.92. The second-order valence-corrected chi connectivity index (χ2v) is 7.44. The van der Waals surface area contributed by atoms with E-state index < -0.39 is 12.2 Å². The van der Waals surface area contributed by atoms with Crippen LogP contribution in [-0.2, 0) is 38.8 Å². The molecule has 1 heterocycles. The van der Waals surface area contributed by atoms with Crippen molar-refractivity contribution in [2.24, 2.45) is 0 Å². The van der Waals surface area contributed by atoms with Crippen molar-refractivity contribution in [2.45, 2.75) is 38.1 Å². The van der Waals surface area contributed by atoms with E-state index in [-0.39, 0.29) is 12.2 Å². The Morgan fingerprint density at radius 3 is 1.77 bits per heavy atom. The molecule has 0 spiro atoms. The minimum absolute atomic E-state index is 0.262. The molecule has 0 radical (unpaired) electrons. The fraction of sp³-hybridized carbons (Fsp3) is 0.259. The highest BCUT2D eigenvalue weighted by Gasteiger charge is 2.34. The summed E-state index contributed by atoms with van der Waals surface area (Å²) in [6, 6.07) is 30.2. The summed E-state index contributed by atoms with van der Waals surface area (Å²) in [4.78, 5) is 0. The minimum Gasteiger partial charge on any atom is -0.493 e. The number of hydrogen-bond acceptors (Lipinski definition) is 4. The molecular formula is C27H28O4. The monoisotopic (exact) mass is 417 g/mol. The van der Waals surface area contributed by atoms with Gasteiger partial charge in [0.05, 0.1) is 34.1 Å². The van der Waals surface area contributed by atoms with Gasteiger partial charge in [0.2, 0.25) is 0 Å². The lowest BCUT2D eigenvalue weighted by Gasteiger charge is -2.34. The van der Waals surface area contributed by atoms with Crippen LogP contribution in [0, 0.1) is 0 Å². The topological polar surface area (TPSA) is 36.9 Å². The average Bonchev–Trinajstić information content (AvgIpc) is 2.85. The van der Waals surface area contributed by atoms with Crippen molar-refractivity contribution in [3.63, 3.8) is 0 Å². The summed E-state index contributed by atoms with van der Waals surface area (Å²) in [7, 11) is 0. The zero-order valence-corrected chi connectivity index (χ0v) is 17.4. The third-order valence-electron chi connectivity index (χ3n) is 5.09. The number of hydrogen-bond donors (Lipinski definition) is 0. The van der Waals surface area contributed by atoms with Gasteiger partial charge in [0.25, 0.3) is 0 Å². The van der Waals surface area contributed by atoms with Gasteiger partial charge in [-0.2, -0.15) is 0 Å². The van der Waals surface area contributed by atoms with E-state index in [1.54, 1.807) is 0 Å². The van der Waals surface area contributed by atoms with Gasteiger partial charge in [0.1, 0.15) is 18.3 Å². The Balaban J connectivity index is 1.44. The van der Waals surface area contributed by atoms with Gasteiger partial charge in [-0.15, -0.1) is 0 Å². The molecule has 1 aliphatic rings. The van der Waals surface area contributed by atoms with E-state index in [1.807, 2.05) is 91.0 Å². The van der Waals surface area contributed by atoms with Crippen LogP contribution in [0.25, 0.3) is 0 Å². The summed E-state index contributed by atoms with van der Waals surface area (Å²) in [6.45, 7) is 1.62. The fourth-order valence-corrected chi connectivity index (χ4v) is 3.43. The molecule has 0 bridgehead atoms. The molecule has 0 unspecified atom stereocenters. The van der Waals surface area contributed by atoms with E-state index in [0.29, 0.717) is 26.4 Å². The molecule has 0 aliphatic carbocycles. The second kappa shape index (κ2) is 11.5. The van der Waals surface area contributed by atoms with Crippen LogP contribution in [0.15, 0.2) is 103 Å². The highest BCUT2D eigenvalue weighted by molar-refractivity contribution is 5.15.